The summed E-state index contributed by atoms with van der Waals surface area (Å²) in [5, 5.41) is 0. The van der Waals surface area contributed by atoms with Gasteiger partial charge in [0.2, 0.25) is 0 Å². The molecule has 0 aromatic heterocycles. The Hall–Kier alpha value is -2.56. The second-order valence-electron chi connectivity index (χ2n) is 4.51. The third kappa shape index (κ3) is 3.06. The van der Waals surface area contributed by atoms with Crippen LogP contribution in [0, 0.1) is 5.82 Å². The topological polar surface area (TPSA) is 55.6 Å². The zero-order chi connectivity index (χ0) is 14.7. The molecule has 104 valence electrons. The van der Waals surface area contributed by atoms with Gasteiger partial charge in [-0.2, -0.15) is 0 Å². The number of nitrogens with two attached hydrogens (primary N) is 1. The average Bonchev–Trinajstić information content (AvgIpc) is 2.41. The molecule has 5 heteroatoms. The second kappa shape index (κ2) is 5.61. The van der Waals surface area contributed by atoms with E-state index in [1.165, 1.54) is 29.2 Å². The second-order valence-corrected chi connectivity index (χ2v) is 4.51. The summed E-state index contributed by atoms with van der Waals surface area (Å²) in [4.78, 5) is 13.5. The Morgan fingerprint density at radius 3 is 2.40 bits per heavy atom. The van der Waals surface area contributed by atoms with Crippen LogP contribution in [-0.4, -0.2) is 24.9 Å². The molecular weight excluding hydrogens is 259 g/mol. The van der Waals surface area contributed by atoms with E-state index in [-0.39, 0.29) is 11.7 Å². The molecule has 20 heavy (non-hydrogen) atoms. The van der Waals surface area contributed by atoms with E-state index in [1.807, 2.05) is 0 Å². The van der Waals surface area contributed by atoms with E-state index in [0.29, 0.717) is 22.7 Å². The van der Waals surface area contributed by atoms with Crippen molar-refractivity contribution >= 4 is 11.6 Å². The average molecular weight is 274 g/mol. The normalized spacial score (nSPS) is 10.2. The van der Waals surface area contributed by atoms with Crippen LogP contribution in [0.3, 0.4) is 0 Å². The Morgan fingerprint density at radius 2 is 1.80 bits per heavy atom. The molecule has 2 aromatic rings. The summed E-state index contributed by atoms with van der Waals surface area (Å²) in [5.41, 5.74) is 6.60. The number of ether oxygens (including phenoxy) is 1. The lowest BCUT2D eigenvalue weighted by molar-refractivity contribution is 0.0825. The SMILES string of the molecule is CN(C)C(=O)c1ccc(N)cc1Oc1ccc(F)cc1. The lowest BCUT2D eigenvalue weighted by atomic mass is 10.1. The fourth-order valence-corrected chi connectivity index (χ4v) is 1.67. The summed E-state index contributed by atoms with van der Waals surface area (Å²) in [7, 11) is 3.31. The maximum atomic E-state index is 12.9. The molecule has 0 unspecified atom stereocenters. The van der Waals surface area contributed by atoms with E-state index in [9.17, 15) is 9.18 Å². The molecule has 4 nitrogen and oxygen atoms in total. The van der Waals surface area contributed by atoms with Crippen molar-refractivity contribution < 1.29 is 13.9 Å². The van der Waals surface area contributed by atoms with E-state index in [2.05, 4.69) is 0 Å². The first kappa shape index (κ1) is 13.9. The van der Waals surface area contributed by atoms with Gasteiger partial charge in [0.1, 0.15) is 17.3 Å². The Bertz CT molecular complexity index is 624. The Kier molecular flexibility index (Phi) is 3.89. The molecule has 0 bridgehead atoms. The van der Waals surface area contributed by atoms with Gasteiger partial charge in [-0.05, 0) is 36.4 Å². The number of hydrogen-bond acceptors (Lipinski definition) is 3. The first-order valence-electron chi connectivity index (χ1n) is 6.02. The molecule has 0 fully saturated rings. The maximum Gasteiger partial charge on any atom is 0.257 e. The Balaban J connectivity index is 2.37. The number of anilines is 1. The van der Waals surface area contributed by atoms with E-state index in [4.69, 9.17) is 10.5 Å². The highest BCUT2D eigenvalue weighted by Gasteiger charge is 2.15. The van der Waals surface area contributed by atoms with Crippen molar-refractivity contribution in [3.05, 3.63) is 53.8 Å². The number of nitrogen functional groups attached to an aromatic ring is 1. The number of amides is 1. The zero-order valence-corrected chi connectivity index (χ0v) is 11.3. The Labute approximate surface area is 116 Å². The van der Waals surface area contributed by atoms with Gasteiger partial charge in [-0.15, -0.1) is 0 Å². The molecule has 1 amide bonds. The number of nitrogens with zero attached hydrogens (tertiary/aromatic N) is 1. The highest BCUT2D eigenvalue weighted by Crippen LogP contribution is 2.28. The lowest BCUT2D eigenvalue weighted by Crippen LogP contribution is -2.22. The van der Waals surface area contributed by atoms with Gasteiger partial charge in [-0.3, -0.25) is 4.79 Å². The third-order valence-corrected chi connectivity index (χ3v) is 2.68. The maximum absolute atomic E-state index is 12.9. The number of benzene rings is 2. The van der Waals surface area contributed by atoms with Crippen LogP contribution in [0.25, 0.3) is 0 Å². The summed E-state index contributed by atoms with van der Waals surface area (Å²) in [6.45, 7) is 0. The summed E-state index contributed by atoms with van der Waals surface area (Å²) in [6, 6.07) is 10.4. The van der Waals surface area contributed by atoms with Gasteiger partial charge in [-0.25, -0.2) is 4.39 Å². The van der Waals surface area contributed by atoms with Crippen molar-refractivity contribution in [3.63, 3.8) is 0 Å². The molecular formula is C15H15FN2O2. The van der Waals surface area contributed by atoms with Crippen molar-refractivity contribution in [1.29, 1.82) is 0 Å². The van der Waals surface area contributed by atoms with Gasteiger partial charge in [0, 0.05) is 25.8 Å². The van der Waals surface area contributed by atoms with Gasteiger partial charge >= 0.3 is 0 Å². The van der Waals surface area contributed by atoms with Crippen molar-refractivity contribution in [2.24, 2.45) is 0 Å². The van der Waals surface area contributed by atoms with Crippen LogP contribution in [0.1, 0.15) is 10.4 Å². The minimum atomic E-state index is -0.352. The van der Waals surface area contributed by atoms with Crippen LogP contribution in [0.5, 0.6) is 11.5 Å². The minimum Gasteiger partial charge on any atom is -0.456 e. The standard InChI is InChI=1S/C15H15FN2O2/c1-18(2)15(19)13-8-5-11(17)9-14(13)20-12-6-3-10(16)4-7-12/h3-9H,17H2,1-2H3. The minimum absolute atomic E-state index is 0.192. The molecule has 0 radical (unpaired) electrons. The Morgan fingerprint density at radius 1 is 1.15 bits per heavy atom. The monoisotopic (exact) mass is 274 g/mol. The van der Waals surface area contributed by atoms with Crippen LogP contribution in [0.4, 0.5) is 10.1 Å². The van der Waals surface area contributed by atoms with Crippen LogP contribution in [-0.2, 0) is 0 Å². The van der Waals surface area contributed by atoms with Gasteiger partial charge in [0.25, 0.3) is 5.91 Å². The first-order valence-corrected chi connectivity index (χ1v) is 6.02. The van der Waals surface area contributed by atoms with Gasteiger partial charge in [-0.1, -0.05) is 0 Å². The summed E-state index contributed by atoms with van der Waals surface area (Å²) >= 11 is 0. The lowest BCUT2D eigenvalue weighted by Gasteiger charge is -2.15. The largest absolute Gasteiger partial charge is 0.456 e. The van der Waals surface area contributed by atoms with Crippen molar-refractivity contribution in [1.82, 2.24) is 4.90 Å². The van der Waals surface area contributed by atoms with Crippen LogP contribution in [0.15, 0.2) is 42.5 Å². The van der Waals surface area contributed by atoms with Gasteiger partial charge in [0.05, 0.1) is 5.56 Å². The quantitative estimate of drug-likeness (QED) is 0.875. The van der Waals surface area contributed by atoms with E-state index in [0.717, 1.165) is 0 Å². The van der Waals surface area contributed by atoms with Crippen LogP contribution >= 0.6 is 0 Å². The molecule has 2 rings (SSSR count). The van der Waals surface area contributed by atoms with Crippen LogP contribution in [0.2, 0.25) is 0 Å². The molecule has 0 saturated heterocycles. The predicted molar refractivity (Wildman–Crippen MR) is 75.3 cm³/mol. The highest BCUT2D eigenvalue weighted by molar-refractivity contribution is 5.97. The van der Waals surface area contributed by atoms with Crippen molar-refractivity contribution in [3.8, 4) is 11.5 Å². The molecule has 0 spiro atoms. The molecule has 2 N–H and O–H groups in total. The van der Waals surface area contributed by atoms with Gasteiger partial charge < -0.3 is 15.4 Å². The molecule has 0 atom stereocenters. The van der Waals surface area contributed by atoms with E-state index < -0.39 is 0 Å². The number of carbonyl (C=O) groups excluding carboxylic acids is 1. The zero-order valence-electron chi connectivity index (χ0n) is 11.3. The molecule has 0 aliphatic rings. The number of rotatable bonds is 3. The van der Waals surface area contributed by atoms with Crippen LogP contribution < -0.4 is 10.5 Å². The van der Waals surface area contributed by atoms with Crippen molar-refractivity contribution in [2.75, 3.05) is 19.8 Å². The molecule has 2 aromatic carbocycles. The fourth-order valence-electron chi connectivity index (χ4n) is 1.67. The molecule has 0 heterocycles. The highest BCUT2D eigenvalue weighted by atomic mass is 19.1. The number of halogens is 1. The van der Waals surface area contributed by atoms with E-state index >= 15 is 0 Å². The summed E-state index contributed by atoms with van der Waals surface area (Å²) in [6.07, 6.45) is 0. The molecule has 0 saturated carbocycles. The van der Waals surface area contributed by atoms with Gasteiger partial charge in [0.15, 0.2) is 0 Å². The van der Waals surface area contributed by atoms with Crippen molar-refractivity contribution in [2.45, 2.75) is 0 Å². The summed E-state index contributed by atoms with van der Waals surface area (Å²) in [5.74, 6) is 0.233. The molecule has 0 aliphatic heterocycles. The van der Waals surface area contributed by atoms with E-state index in [1.54, 1.807) is 32.3 Å². The predicted octanol–water partition coefficient (Wildman–Crippen LogP) is 2.90. The third-order valence-electron chi connectivity index (χ3n) is 2.68. The number of hydrogen-bond donors (Lipinski definition) is 1. The first-order chi connectivity index (χ1) is 9.47. The number of carbonyl (C=O) groups is 1. The molecule has 0 aliphatic carbocycles. The smallest absolute Gasteiger partial charge is 0.257 e. The fraction of sp³-hybridized carbons (Fsp3) is 0.133. The summed E-state index contributed by atoms with van der Waals surface area (Å²) < 4.78 is 18.5.